The van der Waals surface area contributed by atoms with Crippen LogP contribution in [-0.4, -0.2) is 25.6 Å². The van der Waals surface area contributed by atoms with Crippen molar-refractivity contribution in [2.24, 2.45) is 11.7 Å². The van der Waals surface area contributed by atoms with Gasteiger partial charge in [0.1, 0.15) is 0 Å². The van der Waals surface area contributed by atoms with Crippen LogP contribution in [0, 0.1) is 5.92 Å². The van der Waals surface area contributed by atoms with Crippen molar-refractivity contribution in [2.45, 2.75) is 44.4 Å². The average Bonchev–Trinajstić information content (AvgIpc) is 2.83. The third kappa shape index (κ3) is 3.79. The monoisotopic (exact) mass is 234 g/mol. The third-order valence-corrected chi connectivity index (χ3v) is 4.10. The van der Waals surface area contributed by atoms with Crippen molar-refractivity contribution < 1.29 is 13.2 Å². The van der Waals surface area contributed by atoms with Gasteiger partial charge in [-0.25, -0.2) is 8.42 Å². The van der Waals surface area contributed by atoms with Gasteiger partial charge in [-0.3, -0.25) is 9.52 Å². The quantitative estimate of drug-likeness (QED) is 0.699. The predicted octanol–water partition coefficient (Wildman–Crippen LogP) is -0.0318. The molecule has 0 radical (unpaired) electrons. The Kier molecular flexibility index (Phi) is 3.72. The fraction of sp³-hybridized carbons (Fsp3) is 0.889. The molecule has 6 heteroatoms. The zero-order chi connectivity index (χ0) is 11.6. The van der Waals surface area contributed by atoms with E-state index < -0.39 is 22.0 Å². The molecule has 1 rings (SSSR count). The van der Waals surface area contributed by atoms with E-state index in [2.05, 4.69) is 0 Å². The Morgan fingerprint density at radius 3 is 2.40 bits per heavy atom. The molecule has 0 aromatic rings. The zero-order valence-corrected chi connectivity index (χ0v) is 9.88. The standard InChI is InChI=1S/C9H18N2O3S/c1-6(2)5-8(10)9(12)11-15(13,14)7-3-4-7/h6-8H,3-5,10H2,1-2H3,(H,11,12). The zero-order valence-electron chi connectivity index (χ0n) is 9.06. The van der Waals surface area contributed by atoms with Gasteiger partial charge in [-0.2, -0.15) is 0 Å². The van der Waals surface area contributed by atoms with E-state index in [1.807, 2.05) is 18.6 Å². The number of amides is 1. The van der Waals surface area contributed by atoms with Crippen molar-refractivity contribution in [1.82, 2.24) is 4.72 Å². The van der Waals surface area contributed by atoms with Crippen LogP contribution < -0.4 is 10.5 Å². The summed E-state index contributed by atoms with van der Waals surface area (Å²) in [5.41, 5.74) is 5.57. The SMILES string of the molecule is CC(C)CC(N)C(=O)NS(=O)(=O)C1CC1. The Labute approximate surface area is 90.5 Å². The van der Waals surface area contributed by atoms with Crippen molar-refractivity contribution in [3.63, 3.8) is 0 Å². The number of rotatable bonds is 5. The smallest absolute Gasteiger partial charge is 0.250 e. The summed E-state index contributed by atoms with van der Waals surface area (Å²) in [6, 6.07) is -0.737. The van der Waals surface area contributed by atoms with Gasteiger partial charge in [-0.1, -0.05) is 13.8 Å². The van der Waals surface area contributed by atoms with E-state index >= 15 is 0 Å². The highest BCUT2D eigenvalue weighted by atomic mass is 32.2. The molecular formula is C9H18N2O3S. The molecule has 5 nitrogen and oxygen atoms in total. The molecule has 1 aliphatic carbocycles. The van der Waals surface area contributed by atoms with Gasteiger partial charge >= 0.3 is 0 Å². The van der Waals surface area contributed by atoms with E-state index in [-0.39, 0.29) is 11.2 Å². The first-order valence-corrected chi connectivity index (χ1v) is 6.68. The van der Waals surface area contributed by atoms with E-state index in [1.54, 1.807) is 0 Å². The molecule has 0 aromatic heterocycles. The van der Waals surface area contributed by atoms with Crippen molar-refractivity contribution in [2.75, 3.05) is 0 Å². The van der Waals surface area contributed by atoms with E-state index in [9.17, 15) is 13.2 Å². The van der Waals surface area contributed by atoms with E-state index in [4.69, 9.17) is 5.73 Å². The molecule has 0 spiro atoms. The van der Waals surface area contributed by atoms with E-state index in [0.717, 1.165) is 0 Å². The summed E-state index contributed by atoms with van der Waals surface area (Å²) in [6.45, 7) is 3.87. The van der Waals surface area contributed by atoms with Gasteiger partial charge in [-0.05, 0) is 25.2 Å². The first-order chi connectivity index (χ1) is 6.83. The van der Waals surface area contributed by atoms with Crippen LogP contribution >= 0.6 is 0 Å². The van der Waals surface area contributed by atoms with Crippen molar-refractivity contribution in [3.05, 3.63) is 0 Å². The lowest BCUT2D eigenvalue weighted by Gasteiger charge is -2.13. The van der Waals surface area contributed by atoms with Crippen LogP contribution in [-0.2, 0) is 14.8 Å². The molecule has 1 unspecified atom stereocenters. The molecule has 1 amide bonds. The molecule has 0 aliphatic heterocycles. The number of hydrogen-bond acceptors (Lipinski definition) is 4. The second-order valence-corrected chi connectivity index (χ2v) is 6.41. The molecule has 1 atom stereocenters. The molecule has 88 valence electrons. The summed E-state index contributed by atoms with van der Waals surface area (Å²) in [5, 5.41) is -0.382. The predicted molar refractivity (Wildman–Crippen MR) is 57.5 cm³/mol. The Bertz CT molecular complexity index is 333. The first kappa shape index (κ1) is 12.4. The molecular weight excluding hydrogens is 216 g/mol. The number of nitrogens with two attached hydrogens (primary N) is 1. The van der Waals surface area contributed by atoms with Crippen LogP contribution in [0.4, 0.5) is 0 Å². The fourth-order valence-electron chi connectivity index (χ4n) is 1.29. The Morgan fingerprint density at radius 1 is 1.47 bits per heavy atom. The van der Waals surface area contributed by atoms with Crippen LogP contribution in [0.25, 0.3) is 0 Å². The molecule has 3 N–H and O–H groups in total. The van der Waals surface area contributed by atoms with Crippen LogP contribution in [0.5, 0.6) is 0 Å². The van der Waals surface area contributed by atoms with E-state index in [1.165, 1.54) is 0 Å². The first-order valence-electron chi connectivity index (χ1n) is 5.14. The lowest BCUT2D eigenvalue weighted by atomic mass is 10.0. The van der Waals surface area contributed by atoms with Gasteiger partial charge in [0, 0.05) is 0 Å². The van der Waals surface area contributed by atoms with Gasteiger partial charge in [0.2, 0.25) is 15.9 Å². The Morgan fingerprint density at radius 2 is 2.00 bits per heavy atom. The fourth-order valence-corrected chi connectivity index (χ4v) is 2.65. The lowest BCUT2D eigenvalue weighted by molar-refractivity contribution is -0.120. The maximum absolute atomic E-state index is 11.4. The topological polar surface area (TPSA) is 89.3 Å². The molecule has 15 heavy (non-hydrogen) atoms. The normalized spacial score (nSPS) is 18.9. The molecule has 0 aromatic carbocycles. The third-order valence-electron chi connectivity index (χ3n) is 2.27. The maximum Gasteiger partial charge on any atom is 0.250 e. The number of sulfonamides is 1. The number of nitrogens with one attached hydrogen (secondary N) is 1. The van der Waals surface area contributed by atoms with Crippen LogP contribution in [0.15, 0.2) is 0 Å². The molecule has 1 fully saturated rings. The maximum atomic E-state index is 11.4. The minimum atomic E-state index is -3.45. The Balaban J connectivity index is 2.47. The van der Waals surface area contributed by atoms with Gasteiger partial charge < -0.3 is 5.73 Å². The van der Waals surface area contributed by atoms with Crippen molar-refractivity contribution in [1.29, 1.82) is 0 Å². The summed E-state index contributed by atoms with van der Waals surface area (Å²) >= 11 is 0. The summed E-state index contributed by atoms with van der Waals surface area (Å²) in [6.07, 6.45) is 1.77. The van der Waals surface area contributed by atoms with Crippen LogP contribution in [0.2, 0.25) is 0 Å². The summed E-state index contributed by atoms with van der Waals surface area (Å²) in [5.74, 6) is -0.315. The Hall–Kier alpha value is -0.620. The molecule has 1 aliphatic rings. The second kappa shape index (κ2) is 4.49. The highest BCUT2D eigenvalue weighted by molar-refractivity contribution is 7.90. The number of carbonyl (C=O) groups excluding carboxylic acids is 1. The number of carbonyl (C=O) groups is 1. The summed E-state index contributed by atoms with van der Waals surface area (Å²) in [7, 11) is -3.45. The average molecular weight is 234 g/mol. The van der Waals surface area contributed by atoms with Crippen LogP contribution in [0.3, 0.4) is 0 Å². The molecule has 0 bridgehead atoms. The minimum absolute atomic E-state index is 0.273. The van der Waals surface area contributed by atoms with Gasteiger partial charge in [0.15, 0.2) is 0 Å². The highest BCUT2D eigenvalue weighted by Crippen LogP contribution is 2.27. The highest BCUT2D eigenvalue weighted by Gasteiger charge is 2.37. The van der Waals surface area contributed by atoms with E-state index in [0.29, 0.717) is 19.3 Å². The van der Waals surface area contributed by atoms with Gasteiger partial charge in [0.05, 0.1) is 11.3 Å². The van der Waals surface area contributed by atoms with Gasteiger partial charge in [-0.15, -0.1) is 0 Å². The lowest BCUT2D eigenvalue weighted by Crippen LogP contribution is -2.45. The minimum Gasteiger partial charge on any atom is -0.320 e. The largest absolute Gasteiger partial charge is 0.320 e. The van der Waals surface area contributed by atoms with Crippen LogP contribution in [0.1, 0.15) is 33.1 Å². The molecule has 0 heterocycles. The van der Waals surface area contributed by atoms with Crippen molar-refractivity contribution in [3.8, 4) is 0 Å². The molecule has 1 saturated carbocycles. The summed E-state index contributed by atoms with van der Waals surface area (Å²) in [4.78, 5) is 11.4. The number of hydrogen-bond donors (Lipinski definition) is 2. The second-order valence-electron chi connectivity index (χ2n) is 4.45. The summed E-state index contributed by atoms with van der Waals surface area (Å²) < 4.78 is 24.8. The van der Waals surface area contributed by atoms with Gasteiger partial charge in [0.25, 0.3) is 0 Å². The molecule has 0 saturated heterocycles. The van der Waals surface area contributed by atoms with Crippen molar-refractivity contribution >= 4 is 15.9 Å².